The summed E-state index contributed by atoms with van der Waals surface area (Å²) in [6.07, 6.45) is 1.62. The zero-order valence-electron chi connectivity index (χ0n) is 6.96. The van der Waals surface area contributed by atoms with Crippen molar-refractivity contribution in [2.45, 2.75) is 0 Å². The molecule has 0 aliphatic heterocycles. The van der Waals surface area contributed by atoms with E-state index in [0.717, 1.165) is 0 Å². The molecule has 4 heteroatoms. The first-order valence-corrected chi connectivity index (χ1v) is 3.47. The maximum Gasteiger partial charge on any atom is 0.267 e. The quantitative estimate of drug-likeness (QED) is 0.645. The van der Waals surface area contributed by atoms with Crippen molar-refractivity contribution in [1.82, 2.24) is 9.88 Å². The first-order chi connectivity index (χ1) is 5.69. The molecule has 4 nitrogen and oxygen atoms in total. The Morgan fingerprint density at radius 1 is 1.75 bits per heavy atom. The average Bonchev–Trinajstić information content (AvgIpc) is 2.45. The van der Waals surface area contributed by atoms with Gasteiger partial charge < -0.3 is 9.88 Å². The van der Waals surface area contributed by atoms with Crippen LogP contribution in [0.2, 0.25) is 0 Å². The first kappa shape index (κ1) is 8.34. The van der Waals surface area contributed by atoms with E-state index in [2.05, 4.69) is 5.32 Å². The predicted molar refractivity (Wildman–Crippen MR) is 43.5 cm³/mol. The SMILES string of the molecule is CNC(=O)c1cc(C#N)cn1C. The number of aryl methyl sites for hydroxylation is 1. The van der Waals surface area contributed by atoms with Gasteiger partial charge in [-0.25, -0.2) is 0 Å². The molecule has 0 spiro atoms. The minimum atomic E-state index is -0.181. The minimum absolute atomic E-state index is 0.181. The number of aromatic nitrogens is 1. The Hall–Kier alpha value is -1.76. The molecule has 1 heterocycles. The van der Waals surface area contributed by atoms with E-state index in [1.165, 1.54) is 0 Å². The van der Waals surface area contributed by atoms with Crippen molar-refractivity contribution in [3.63, 3.8) is 0 Å². The van der Waals surface area contributed by atoms with Crippen LogP contribution in [0.15, 0.2) is 12.3 Å². The van der Waals surface area contributed by atoms with Gasteiger partial charge in [0.2, 0.25) is 0 Å². The summed E-state index contributed by atoms with van der Waals surface area (Å²) in [5.74, 6) is -0.181. The molecule has 12 heavy (non-hydrogen) atoms. The van der Waals surface area contributed by atoms with Crippen LogP contribution in [-0.4, -0.2) is 17.5 Å². The largest absolute Gasteiger partial charge is 0.354 e. The monoisotopic (exact) mass is 163 g/mol. The van der Waals surface area contributed by atoms with Crippen LogP contribution in [0.4, 0.5) is 0 Å². The molecule has 0 atom stereocenters. The van der Waals surface area contributed by atoms with Crippen LogP contribution in [-0.2, 0) is 7.05 Å². The van der Waals surface area contributed by atoms with Crippen LogP contribution < -0.4 is 5.32 Å². The summed E-state index contributed by atoms with van der Waals surface area (Å²) in [4.78, 5) is 11.1. The Morgan fingerprint density at radius 2 is 2.42 bits per heavy atom. The number of hydrogen-bond acceptors (Lipinski definition) is 2. The molecule has 1 rings (SSSR count). The van der Waals surface area contributed by atoms with Gasteiger partial charge in [0.15, 0.2) is 0 Å². The smallest absolute Gasteiger partial charge is 0.267 e. The lowest BCUT2D eigenvalue weighted by atomic mass is 10.3. The van der Waals surface area contributed by atoms with E-state index >= 15 is 0 Å². The van der Waals surface area contributed by atoms with E-state index in [0.29, 0.717) is 11.3 Å². The average molecular weight is 163 g/mol. The molecule has 1 amide bonds. The van der Waals surface area contributed by atoms with Crippen LogP contribution in [0.1, 0.15) is 16.1 Å². The zero-order valence-corrected chi connectivity index (χ0v) is 6.96. The molecule has 0 bridgehead atoms. The number of nitriles is 1. The third-order valence-corrected chi connectivity index (χ3v) is 1.59. The molecular weight excluding hydrogens is 154 g/mol. The highest BCUT2D eigenvalue weighted by molar-refractivity contribution is 5.92. The van der Waals surface area contributed by atoms with Crippen molar-refractivity contribution < 1.29 is 4.79 Å². The summed E-state index contributed by atoms with van der Waals surface area (Å²) < 4.78 is 1.62. The Morgan fingerprint density at radius 3 is 2.83 bits per heavy atom. The second-order valence-corrected chi connectivity index (χ2v) is 2.42. The van der Waals surface area contributed by atoms with Crippen molar-refractivity contribution in [3.05, 3.63) is 23.5 Å². The lowest BCUT2D eigenvalue weighted by molar-refractivity contribution is 0.0955. The fourth-order valence-corrected chi connectivity index (χ4v) is 0.979. The highest BCUT2D eigenvalue weighted by Crippen LogP contribution is 2.05. The van der Waals surface area contributed by atoms with Gasteiger partial charge in [0.25, 0.3) is 5.91 Å². The van der Waals surface area contributed by atoms with Crippen molar-refractivity contribution >= 4 is 5.91 Å². The maximum atomic E-state index is 11.1. The first-order valence-electron chi connectivity index (χ1n) is 3.47. The number of nitrogens with one attached hydrogen (secondary N) is 1. The van der Waals surface area contributed by atoms with Crippen molar-refractivity contribution in [2.75, 3.05) is 7.05 Å². The second-order valence-electron chi connectivity index (χ2n) is 2.42. The third-order valence-electron chi connectivity index (χ3n) is 1.59. The van der Waals surface area contributed by atoms with E-state index < -0.39 is 0 Å². The molecule has 0 aliphatic rings. The molecule has 0 radical (unpaired) electrons. The topological polar surface area (TPSA) is 57.8 Å². The lowest BCUT2D eigenvalue weighted by Crippen LogP contribution is -2.20. The molecule has 1 N–H and O–H groups in total. The number of nitrogens with zero attached hydrogens (tertiary/aromatic N) is 2. The van der Waals surface area contributed by atoms with Crippen LogP contribution in [0.5, 0.6) is 0 Å². The molecule has 0 saturated carbocycles. The molecule has 1 aromatic heterocycles. The Kier molecular flexibility index (Phi) is 2.15. The normalized spacial score (nSPS) is 9.08. The van der Waals surface area contributed by atoms with Gasteiger partial charge >= 0.3 is 0 Å². The Balaban J connectivity index is 3.10. The Labute approximate surface area is 70.4 Å². The van der Waals surface area contributed by atoms with E-state index in [1.807, 2.05) is 6.07 Å². The molecule has 1 aromatic rings. The third kappa shape index (κ3) is 1.30. The predicted octanol–water partition coefficient (Wildman–Crippen LogP) is 0.256. The highest BCUT2D eigenvalue weighted by atomic mass is 16.1. The molecular formula is C8H9N3O. The van der Waals surface area contributed by atoms with Gasteiger partial charge in [-0.1, -0.05) is 0 Å². The maximum absolute atomic E-state index is 11.1. The highest BCUT2D eigenvalue weighted by Gasteiger charge is 2.08. The second kappa shape index (κ2) is 3.09. The van der Waals surface area contributed by atoms with Crippen LogP contribution >= 0.6 is 0 Å². The number of hydrogen-bond donors (Lipinski definition) is 1. The van der Waals surface area contributed by atoms with Crippen LogP contribution in [0.3, 0.4) is 0 Å². The molecule has 0 aromatic carbocycles. The van der Waals surface area contributed by atoms with Crippen LogP contribution in [0, 0.1) is 11.3 Å². The van der Waals surface area contributed by atoms with E-state index in [1.54, 1.807) is 30.9 Å². The molecule has 0 aliphatic carbocycles. The van der Waals surface area contributed by atoms with Crippen molar-refractivity contribution in [2.24, 2.45) is 7.05 Å². The summed E-state index contributed by atoms with van der Waals surface area (Å²) in [6.45, 7) is 0. The van der Waals surface area contributed by atoms with Gasteiger partial charge in [-0.05, 0) is 6.07 Å². The number of amides is 1. The van der Waals surface area contributed by atoms with E-state index in [4.69, 9.17) is 5.26 Å². The molecule has 0 fully saturated rings. The summed E-state index contributed by atoms with van der Waals surface area (Å²) in [5, 5.41) is 11.0. The van der Waals surface area contributed by atoms with Crippen molar-refractivity contribution in [1.29, 1.82) is 5.26 Å². The van der Waals surface area contributed by atoms with Gasteiger partial charge in [-0.2, -0.15) is 5.26 Å². The van der Waals surface area contributed by atoms with E-state index in [-0.39, 0.29) is 5.91 Å². The van der Waals surface area contributed by atoms with Gasteiger partial charge in [-0.3, -0.25) is 4.79 Å². The number of carbonyl (C=O) groups is 1. The minimum Gasteiger partial charge on any atom is -0.354 e. The molecule has 0 unspecified atom stereocenters. The molecule has 0 saturated heterocycles. The standard InChI is InChI=1S/C8H9N3O/c1-10-8(12)7-3-6(4-9)5-11(7)2/h3,5H,1-2H3,(H,10,12). The summed E-state index contributed by atoms with van der Waals surface area (Å²) in [7, 11) is 3.28. The summed E-state index contributed by atoms with van der Waals surface area (Å²) in [6, 6.07) is 3.52. The fraction of sp³-hybridized carbons (Fsp3) is 0.250. The van der Waals surface area contributed by atoms with E-state index in [9.17, 15) is 4.79 Å². The number of carbonyl (C=O) groups excluding carboxylic acids is 1. The van der Waals surface area contributed by atoms with Gasteiger partial charge in [0.05, 0.1) is 5.56 Å². The lowest BCUT2D eigenvalue weighted by Gasteiger charge is -1.98. The van der Waals surface area contributed by atoms with Crippen molar-refractivity contribution in [3.8, 4) is 6.07 Å². The Bertz CT molecular complexity index is 346. The number of rotatable bonds is 1. The van der Waals surface area contributed by atoms with Gasteiger partial charge in [0.1, 0.15) is 11.8 Å². The zero-order chi connectivity index (χ0) is 9.14. The fourth-order valence-electron chi connectivity index (χ4n) is 0.979. The van der Waals surface area contributed by atoms with Crippen LogP contribution in [0.25, 0.3) is 0 Å². The molecule has 62 valence electrons. The van der Waals surface area contributed by atoms with Gasteiger partial charge in [0, 0.05) is 20.3 Å². The van der Waals surface area contributed by atoms with Gasteiger partial charge in [-0.15, -0.1) is 0 Å². The summed E-state index contributed by atoms with van der Waals surface area (Å²) in [5.41, 5.74) is 0.991. The summed E-state index contributed by atoms with van der Waals surface area (Å²) >= 11 is 0.